The quantitative estimate of drug-likeness (QED) is 0.166. The van der Waals surface area contributed by atoms with E-state index in [1.54, 1.807) is 62.9 Å². The highest BCUT2D eigenvalue weighted by Crippen LogP contribution is 2.30. The van der Waals surface area contributed by atoms with Gasteiger partial charge in [-0.3, -0.25) is 24.7 Å². The van der Waals surface area contributed by atoms with E-state index in [1.165, 1.54) is 35.2 Å². The lowest BCUT2D eigenvalue weighted by atomic mass is 9.88. The number of hydrogen-bond donors (Lipinski definition) is 0. The third-order valence-corrected chi connectivity index (χ3v) is 12.1. The van der Waals surface area contributed by atoms with E-state index in [2.05, 4.69) is 146 Å². The molecule has 0 aliphatic carbocycles. The number of rotatable bonds is 4. The molecule has 476 valence electrons. The molecule has 6 aromatic heterocycles. The van der Waals surface area contributed by atoms with Crippen molar-refractivity contribution >= 4 is 9.84 Å². The van der Waals surface area contributed by atoms with E-state index < -0.39 is 21.7 Å². The zero-order valence-corrected chi connectivity index (χ0v) is 50.6. The van der Waals surface area contributed by atoms with Gasteiger partial charge in [0.15, 0.2) is 9.84 Å². The molecule has 0 aliphatic heterocycles. The Balaban J connectivity index is -0.000000165. The summed E-state index contributed by atoms with van der Waals surface area (Å²) in [5.74, 6) is 0.881. The second-order valence-electron chi connectivity index (χ2n) is 24.7. The maximum atomic E-state index is 12.2. The van der Waals surface area contributed by atoms with Gasteiger partial charge in [0, 0.05) is 74.6 Å². The van der Waals surface area contributed by atoms with Crippen molar-refractivity contribution in [3.05, 3.63) is 165 Å². The van der Waals surface area contributed by atoms with Crippen molar-refractivity contribution in [3.8, 4) is 11.8 Å². The second-order valence-corrected chi connectivity index (χ2v) is 26.8. The Morgan fingerprint density at radius 2 is 0.855 bits per heavy atom. The number of hydrogen-bond acceptors (Lipinski definition) is 11. The molecule has 0 saturated heterocycles. The number of nitrogens with zero attached hydrogens (tertiary/aromatic N) is 7. The molecule has 0 spiro atoms. The van der Waals surface area contributed by atoms with Crippen molar-refractivity contribution in [2.75, 3.05) is 20.5 Å². The molecule has 12 nitrogen and oxygen atoms in total. The van der Waals surface area contributed by atoms with Crippen LogP contribution in [0.5, 0.6) is 11.8 Å². The molecule has 0 saturated carbocycles. The highest BCUT2D eigenvalue weighted by atomic mass is 32.2. The summed E-state index contributed by atoms with van der Waals surface area (Å²) < 4.78 is 70.3. The van der Waals surface area contributed by atoms with Crippen LogP contribution in [0.25, 0.3) is 0 Å². The molecular formula is C67H116F3N7O5S. The minimum atomic E-state index is -4.35. The molecule has 0 bridgehead atoms. The lowest BCUT2D eigenvalue weighted by molar-refractivity contribution is -0.141. The van der Waals surface area contributed by atoms with E-state index in [0.717, 1.165) is 39.8 Å². The Labute approximate surface area is 505 Å². The summed E-state index contributed by atoms with van der Waals surface area (Å²) >= 11 is 0. The summed E-state index contributed by atoms with van der Waals surface area (Å²) in [5.41, 5.74) is 8.10. The van der Waals surface area contributed by atoms with Gasteiger partial charge < -0.3 is 14.0 Å². The molecule has 0 aliphatic rings. The monoisotopic (exact) mass is 1190 g/mol. The molecule has 0 atom stereocenters. The van der Waals surface area contributed by atoms with Crippen LogP contribution in [0.2, 0.25) is 0 Å². The summed E-state index contributed by atoms with van der Waals surface area (Å²) in [7, 11) is 2.01. The van der Waals surface area contributed by atoms with Gasteiger partial charge in [-0.25, -0.2) is 18.4 Å². The first-order valence-electron chi connectivity index (χ1n) is 25.0. The Morgan fingerprint density at radius 3 is 1.19 bits per heavy atom. The van der Waals surface area contributed by atoms with Crippen molar-refractivity contribution in [1.29, 1.82) is 0 Å². The van der Waals surface area contributed by atoms with Crippen LogP contribution in [0.3, 0.4) is 0 Å². The normalized spacial score (nSPS) is 11.0. The lowest BCUT2D eigenvalue weighted by Crippen LogP contribution is -2.19. The van der Waals surface area contributed by atoms with Crippen LogP contribution < -0.4 is 15.0 Å². The van der Waals surface area contributed by atoms with Crippen LogP contribution in [0.15, 0.2) is 109 Å². The van der Waals surface area contributed by atoms with Crippen LogP contribution in [-0.4, -0.2) is 63.4 Å². The third-order valence-electron chi connectivity index (χ3n) is 11.2. The van der Waals surface area contributed by atoms with Gasteiger partial charge in [-0.05, 0) is 96.6 Å². The van der Waals surface area contributed by atoms with Crippen LogP contribution in [-0.2, 0) is 61.3 Å². The number of halogens is 3. The van der Waals surface area contributed by atoms with E-state index in [4.69, 9.17) is 9.47 Å². The summed E-state index contributed by atoms with van der Waals surface area (Å²) in [4.78, 5) is 34.9. The fourth-order valence-electron chi connectivity index (χ4n) is 5.98. The second kappa shape index (κ2) is 37.3. The van der Waals surface area contributed by atoms with Gasteiger partial charge >= 0.3 is 12.2 Å². The molecule has 6 heterocycles. The van der Waals surface area contributed by atoms with Gasteiger partial charge in [-0.2, -0.15) is 13.2 Å². The fraction of sp³-hybridized carbons (Fsp3) is 0.567. The highest BCUT2D eigenvalue weighted by molar-refractivity contribution is 7.89. The smallest absolute Gasteiger partial charge is 0.433 e. The van der Waals surface area contributed by atoms with E-state index >= 15 is 0 Å². The first-order chi connectivity index (χ1) is 34.4. The first-order valence-corrected chi connectivity index (χ1v) is 27.1. The van der Waals surface area contributed by atoms with Gasteiger partial charge in [0.1, 0.15) is 11.4 Å². The summed E-state index contributed by atoms with van der Waals surface area (Å²) in [6.45, 7) is 39.8. The van der Waals surface area contributed by atoms with Crippen molar-refractivity contribution in [2.24, 2.45) is 7.05 Å². The number of sulfone groups is 1. The molecule has 0 fully saturated rings. The van der Waals surface area contributed by atoms with Crippen molar-refractivity contribution in [2.45, 2.75) is 228 Å². The molecule has 6 aromatic rings. The number of aryl methyl sites for hydroxylation is 2. The average Bonchev–Trinajstić information content (AvgIpc) is 3.29. The predicted octanol–water partition coefficient (Wildman–Crippen LogP) is 18.3. The minimum absolute atomic E-state index is 0. The van der Waals surface area contributed by atoms with E-state index in [1.807, 2.05) is 64.5 Å². The Morgan fingerprint density at radius 1 is 0.470 bits per heavy atom. The molecule has 16 heteroatoms. The van der Waals surface area contributed by atoms with Crippen molar-refractivity contribution < 1.29 is 31.1 Å². The van der Waals surface area contributed by atoms with Crippen LogP contribution in [0.4, 0.5) is 13.2 Å². The molecule has 0 unspecified atom stereocenters. The van der Waals surface area contributed by atoms with Gasteiger partial charge in [-0.1, -0.05) is 201 Å². The Kier molecular flexibility index (Phi) is 40.8. The lowest BCUT2D eigenvalue weighted by Gasteiger charge is -2.19. The summed E-state index contributed by atoms with van der Waals surface area (Å²) in [6.07, 6.45) is 12.6. The number of alkyl halides is 3. The molecule has 0 N–H and O–H groups in total. The zero-order valence-electron chi connectivity index (χ0n) is 49.7. The standard InChI is InChI=1S/C11H17NO2S.C10H12F3N.2C10H15NO.C10H15N.C9H14N2O.7CH4/c1-11(2,3)10-5-9(6-12-7-10)8-15(4,13)14;1-9(2,3)7-4-5-8(14-6-7)10(11,12)13;1-10(2,3)8-5-9(12-4)7-11-6-8;1-10(2,3)8-5-6-9(12)11(4)7-8;1-8-5-6-9(7-11-8)10(2,3)4;1-9(2,3)7-5-10-8(12-4)11-6-7;;;;;;;/h5-7H,8H2,1-4H3;4-6H,1-3H3;2*5-7H,1-4H3;5-7H,1-4H3;5-6H,1-4H3;7*1H4. The molecule has 0 radical (unpaired) electrons. The van der Waals surface area contributed by atoms with Crippen LogP contribution in [0, 0.1) is 6.92 Å². The SMILES string of the molecule is C.C.C.C.C.C.C.CC(C)(C)c1ccc(C(F)(F)F)nc1.CC(C)(C)c1cncc(CS(C)(=O)=O)c1.COc1cncc(C(C)(C)C)c1.COc1ncc(C(C)(C)C)cn1.Cc1ccc(C(C)(C)C)cn1.Cn1cc(C(C)(C)C)ccc1=O. The molecule has 0 amide bonds. The van der Waals surface area contributed by atoms with Gasteiger partial charge in [0.05, 0.1) is 26.2 Å². The van der Waals surface area contributed by atoms with E-state index in [0.29, 0.717) is 6.01 Å². The molecule has 6 rings (SSSR count). The zero-order chi connectivity index (χ0) is 58.9. The summed E-state index contributed by atoms with van der Waals surface area (Å²) in [5, 5.41) is 0. The van der Waals surface area contributed by atoms with Gasteiger partial charge in [0.2, 0.25) is 5.56 Å². The Bertz CT molecular complexity index is 2820. The fourth-order valence-corrected chi connectivity index (χ4v) is 6.75. The number of pyridine rings is 5. The topological polar surface area (TPSA) is 152 Å². The molecule has 0 aromatic carbocycles. The van der Waals surface area contributed by atoms with Gasteiger partial charge in [0.25, 0.3) is 0 Å². The van der Waals surface area contributed by atoms with Crippen molar-refractivity contribution in [3.63, 3.8) is 0 Å². The van der Waals surface area contributed by atoms with Crippen molar-refractivity contribution in [1.82, 2.24) is 34.5 Å². The average molecular weight is 1190 g/mol. The number of aromatic nitrogens is 7. The van der Waals surface area contributed by atoms with Gasteiger partial charge in [-0.15, -0.1) is 0 Å². The highest BCUT2D eigenvalue weighted by Gasteiger charge is 2.32. The maximum Gasteiger partial charge on any atom is 0.433 e. The predicted molar refractivity (Wildman–Crippen MR) is 351 cm³/mol. The van der Waals surface area contributed by atoms with E-state index in [-0.39, 0.29) is 95.8 Å². The molecular weight excluding hydrogens is 1070 g/mol. The van der Waals surface area contributed by atoms with E-state index in [9.17, 15) is 26.4 Å². The van der Waals surface area contributed by atoms with Crippen LogP contribution >= 0.6 is 0 Å². The third kappa shape index (κ3) is 35.7. The Hall–Kier alpha value is -6.03. The maximum absolute atomic E-state index is 12.2. The molecule has 83 heavy (non-hydrogen) atoms. The number of ether oxygens (including phenoxy) is 2. The summed E-state index contributed by atoms with van der Waals surface area (Å²) in [6, 6.07) is 14.5. The first kappa shape index (κ1) is 90.7. The largest absolute Gasteiger partial charge is 0.495 e. The number of methoxy groups -OCH3 is 2. The van der Waals surface area contributed by atoms with Crippen LogP contribution in [0.1, 0.15) is 227 Å². The minimum Gasteiger partial charge on any atom is -0.495 e.